The summed E-state index contributed by atoms with van der Waals surface area (Å²) in [5, 5.41) is 2.78. The maximum Gasteiger partial charge on any atom is 0.251 e. The Balaban J connectivity index is 1.78. The van der Waals surface area contributed by atoms with Crippen molar-refractivity contribution in [1.29, 1.82) is 0 Å². The van der Waals surface area contributed by atoms with Gasteiger partial charge >= 0.3 is 0 Å². The number of nitrogens with one attached hydrogen (secondary N) is 1. The van der Waals surface area contributed by atoms with Crippen LogP contribution in [0.15, 0.2) is 12.1 Å². The third-order valence-corrected chi connectivity index (χ3v) is 5.47. The molecule has 1 atom stereocenters. The average Bonchev–Trinajstić information content (AvgIpc) is 2.77. The van der Waals surface area contributed by atoms with E-state index in [1.807, 2.05) is 6.92 Å². The molecule has 1 amide bonds. The number of fused-ring (bicyclic) bond motifs is 1. The average molecular weight is 311 g/mol. The highest BCUT2D eigenvalue weighted by Crippen LogP contribution is 2.33. The van der Waals surface area contributed by atoms with E-state index < -0.39 is 9.84 Å². The quantitative estimate of drug-likeness (QED) is 0.869. The van der Waals surface area contributed by atoms with Gasteiger partial charge in [0.2, 0.25) is 0 Å². The van der Waals surface area contributed by atoms with Crippen LogP contribution in [0.2, 0.25) is 0 Å². The summed E-state index contributed by atoms with van der Waals surface area (Å²) in [7, 11) is -3.01. The van der Waals surface area contributed by atoms with E-state index in [1.165, 1.54) is 0 Å². The first-order valence-corrected chi connectivity index (χ1v) is 8.68. The molecule has 0 radical (unpaired) electrons. The van der Waals surface area contributed by atoms with Crippen molar-refractivity contribution >= 4 is 15.7 Å². The van der Waals surface area contributed by atoms with Gasteiger partial charge in [-0.25, -0.2) is 8.42 Å². The number of hydrogen-bond acceptors (Lipinski definition) is 5. The third-order valence-electron chi connectivity index (χ3n) is 3.70. The summed E-state index contributed by atoms with van der Waals surface area (Å²) in [6.45, 7) is 2.77. The van der Waals surface area contributed by atoms with Crippen LogP contribution in [-0.2, 0) is 9.84 Å². The van der Waals surface area contributed by atoms with Crippen LogP contribution in [0.5, 0.6) is 11.5 Å². The fraction of sp³-hybridized carbons (Fsp3) is 0.500. The van der Waals surface area contributed by atoms with Crippen LogP contribution < -0.4 is 14.8 Å². The summed E-state index contributed by atoms with van der Waals surface area (Å²) < 4.78 is 33.8. The van der Waals surface area contributed by atoms with Crippen molar-refractivity contribution in [1.82, 2.24) is 5.32 Å². The van der Waals surface area contributed by atoms with E-state index in [9.17, 15) is 13.2 Å². The molecule has 0 bridgehead atoms. The maximum absolute atomic E-state index is 12.3. The van der Waals surface area contributed by atoms with Gasteiger partial charge in [0.25, 0.3) is 5.91 Å². The smallest absolute Gasteiger partial charge is 0.251 e. The Labute approximate surface area is 123 Å². The molecular weight excluding hydrogens is 294 g/mol. The van der Waals surface area contributed by atoms with Crippen molar-refractivity contribution < 1.29 is 22.7 Å². The number of ether oxygens (including phenoxy) is 2. The van der Waals surface area contributed by atoms with Gasteiger partial charge in [-0.05, 0) is 31.0 Å². The highest BCUT2D eigenvalue weighted by Gasteiger charge is 2.29. The summed E-state index contributed by atoms with van der Waals surface area (Å²) in [5.74, 6) is 1.07. The van der Waals surface area contributed by atoms with E-state index in [0.29, 0.717) is 36.7 Å². The van der Waals surface area contributed by atoms with Crippen LogP contribution in [0.4, 0.5) is 0 Å². The van der Waals surface area contributed by atoms with E-state index in [1.54, 1.807) is 12.1 Å². The topological polar surface area (TPSA) is 81.7 Å². The standard InChI is InChI=1S/C14H17NO5S/c1-9-6-12-13(20-4-3-19-12)7-11(9)14(16)15-10-2-5-21(17,18)8-10/h6-7,10H,2-5,8H2,1H3,(H,15,16). The first-order valence-electron chi connectivity index (χ1n) is 6.86. The van der Waals surface area contributed by atoms with Gasteiger partial charge in [0, 0.05) is 11.6 Å². The molecule has 0 aliphatic carbocycles. The van der Waals surface area contributed by atoms with Crippen molar-refractivity contribution in [3.63, 3.8) is 0 Å². The van der Waals surface area contributed by atoms with E-state index in [-0.39, 0.29) is 23.5 Å². The van der Waals surface area contributed by atoms with E-state index >= 15 is 0 Å². The summed E-state index contributed by atoms with van der Waals surface area (Å²) in [6.07, 6.45) is 0.470. The van der Waals surface area contributed by atoms with Gasteiger partial charge < -0.3 is 14.8 Å². The Hall–Kier alpha value is -1.76. The zero-order valence-electron chi connectivity index (χ0n) is 11.7. The van der Waals surface area contributed by atoms with Gasteiger partial charge in [-0.2, -0.15) is 0 Å². The van der Waals surface area contributed by atoms with Crippen molar-refractivity contribution in [2.24, 2.45) is 0 Å². The lowest BCUT2D eigenvalue weighted by atomic mass is 10.1. The molecule has 1 aromatic rings. The molecule has 3 rings (SSSR count). The first kappa shape index (κ1) is 14.2. The second kappa shape index (κ2) is 5.22. The predicted molar refractivity (Wildman–Crippen MR) is 76.7 cm³/mol. The van der Waals surface area contributed by atoms with E-state index in [4.69, 9.17) is 9.47 Å². The summed E-state index contributed by atoms with van der Waals surface area (Å²) in [6, 6.07) is 3.12. The van der Waals surface area contributed by atoms with E-state index in [0.717, 1.165) is 5.56 Å². The predicted octanol–water partition coefficient (Wildman–Crippen LogP) is 0.683. The van der Waals surface area contributed by atoms with Gasteiger partial charge in [-0.15, -0.1) is 0 Å². The second-order valence-electron chi connectivity index (χ2n) is 5.38. The molecule has 0 spiro atoms. The zero-order chi connectivity index (χ0) is 15.0. The lowest BCUT2D eigenvalue weighted by Crippen LogP contribution is -2.36. The lowest BCUT2D eigenvalue weighted by molar-refractivity contribution is 0.0939. The minimum atomic E-state index is -3.01. The number of benzene rings is 1. The monoisotopic (exact) mass is 311 g/mol. The molecule has 7 heteroatoms. The van der Waals surface area contributed by atoms with Crippen molar-refractivity contribution in [3.05, 3.63) is 23.3 Å². The number of rotatable bonds is 2. The molecule has 2 aliphatic rings. The van der Waals surface area contributed by atoms with Crippen LogP contribution >= 0.6 is 0 Å². The summed E-state index contributed by atoms with van der Waals surface area (Å²) in [4.78, 5) is 12.3. The molecule has 1 aromatic carbocycles. The molecule has 2 aliphatic heterocycles. The first-order chi connectivity index (χ1) is 9.94. The second-order valence-corrected chi connectivity index (χ2v) is 7.61. The normalized spacial score (nSPS) is 22.8. The van der Waals surface area contributed by atoms with Crippen molar-refractivity contribution in [2.75, 3.05) is 24.7 Å². The van der Waals surface area contributed by atoms with Crippen LogP contribution in [0, 0.1) is 6.92 Å². The molecule has 21 heavy (non-hydrogen) atoms. The van der Waals surface area contributed by atoms with Gasteiger partial charge in [0.15, 0.2) is 21.3 Å². The number of hydrogen-bond donors (Lipinski definition) is 1. The molecule has 114 valence electrons. The fourth-order valence-electron chi connectivity index (χ4n) is 2.61. The van der Waals surface area contributed by atoms with Crippen LogP contribution in [-0.4, -0.2) is 45.1 Å². The number of carbonyl (C=O) groups excluding carboxylic acids is 1. The minimum Gasteiger partial charge on any atom is -0.486 e. The van der Waals surface area contributed by atoms with Crippen LogP contribution in [0.3, 0.4) is 0 Å². The Morgan fingerprint density at radius 2 is 1.90 bits per heavy atom. The SMILES string of the molecule is Cc1cc2c(cc1C(=O)NC1CCS(=O)(=O)C1)OCCO2. The molecule has 6 nitrogen and oxygen atoms in total. The Morgan fingerprint density at radius 1 is 1.24 bits per heavy atom. The van der Waals surface area contributed by atoms with Crippen molar-refractivity contribution in [2.45, 2.75) is 19.4 Å². The molecule has 2 heterocycles. The number of sulfone groups is 1. The number of carbonyl (C=O) groups is 1. The molecule has 1 saturated heterocycles. The number of amides is 1. The minimum absolute atomic E-state index is 0.0162. The lowest BCUT2D eigenvalue weighted by Gasteiger charge is -2.20. The highest BCUT2D eigenvalue weighted by molar-refractivity contribution is 7.91. The Bertz CT molecular complexity index is 683. The molecule has 0 aromatic heterocycles. The summed E-state index contributed by atoms with van der Waals surface area (Å²) >= 11 is 0. The van der Waals surface area contributed by atoms with E-state index in [2.05, 4.69) is 5.32 Å². The molecule has 1 fully saturated rings. The maximum atomic E-state index is 12.3. The van der Waals surface area contributed by atoms with Crippen LogP contribution in [0.25, 0.3) is 0 Å². The largest absolute Gasteiger partial charge is 0.486 e. The zero-order valence-corrected chi connectivity index (χ0v) is 12.5. The molecule has 1 N–H and O–H groups in total. The highest BCUT2D eigenvalue weighted by atomic mass is 32.2. The molecular formula is C14H17NO5S. The van der Waals surface area contributed by atoms with Gasteiger partial charge in [-0.3, -0.25) is 4.79 Å². The summed E-state index contributed by atoms with van der Waals surface area (Å²) in [5.41, 5.74) is 1.26. The Kier molecular flexibility index (Phi) is 3.52. The van der Waals surface area contributed by atoms with Crippen LogP contribution in [0.1, 0.15) is 22.3 Å². The molecule has 0 saturated carbocycles. The molecule has 1 unspecified atom stereocenters. The fourth-order valence-corrected chi connectivity index (χ4v) is 4.28. The Morgan fingerprint density at radius 3 is 2.52 bits per heavy atom. The van der Waals surface area contributed by atoms with Gasteiger partial charge in [-0.1, -0.05) is 0 Å². The van der Waals surface area contributed by atoms with Gasteiger partial charge in [0.1, 0.15) is 13.2 Å². The van der Waals surface area contributed by atoms with Gasteiger partial charge in [0.05, 0.1) is 11.5 Å². The number of aryl methyl sites for hydroxylation is 1. The third kappa shape index (κ3) is 2.97. The van der Waals surface area contributed by atoms with Crippen molar-refractivity contribution in [3.8, 4) is 11.5 Å².